The third-order valence-electron chi connectivity index (χ3n) is 4.27. The molecule has 0 saturated heterocycles. The highest BCUT2D eigenvalue weighted by atomic mass is 16.2. The van der Waals surface area contributed by atoms with Gasteiger partial charge in [-0.05, 0) is 25.0 Å². The lowest BCUT2D eigenvalue weighted by Gasteiger charge is -2.27. The van der Waals surface area contributed by atoms with Crippen molar-refractivity contribution in [2.75, 3.05) is 0 Å². The highest BCUT2D eigenvalue weighted by molar-refractivity contribution is 6.21. The van der Waals surface area contributed by atoms with Crippen LogP contribution in [0, 0.1) is 0 Å². The minimum Gasteiger partial charge on any atom is -0.271 e. The van der Waals surface area contributed by atoms with Crippen LogP contribution in [-0.4, -0.2) is 22.8 Å². The van der Waals surface area contributed by atoms with Crippen molar-refractivity contribution in [2.45, 2.75) is 51.0 Å². The molecular formula is C16H19NO2. The standard InChI is InChI=1S/C16H19NO2/c18-15-13-10-6-7-11-14(13)16(19)17(15)12-8-4-2-1-3-5-9-12/h6-7,10-12H,1-5,8-9H2. The van der Waals surface area contributed by atoms with Crippen molar-refractivity contribution >= 4 is 11.8 Å². The number of rotatable bonds is 1. The molecule has 0 atom stereocenters. The van der Waals surface area contributed by atoms with E-state index in [4.69, 9.17) is 0 Å². The quantitative estimate of drug-likeness (QED) is 0.723. The molecule has 1 saturated carbocycles. The van der Waals surface area contributed by atoms with Crippen molar-refractivity contribution < 1.29 is 9.59 Å². The Morgan fingerprint density at radius 1 is 0.789 bits per heavy atom. The second kappa shape index (κ2) is 5.16. The van der Waals surface area contributed by atoms with Crippen LogP contribution in [0.5, 0.6) is 0 Å². The molecule has 0 bridgehead atoms. The van der Waals surface area contributed by atoms with Gasteiger partial charge in [0.05, 0.1) is 11.1 Å². The largest absolute Gasteiger partial charge is 0.271 e. The predicted molar refractivity (Wildman–Crippen MR) is 73.0 cm³/mol. The smallest absolute Gasteiger partial charge is 0.261 e. The highest BCUT2D eigenvalue weighted by Gasteiger charge is 2.39. The maximum atomic E-state index is 12.4. The van der Waals surface area contributed by atoms with Crippen LogP contribution in [0.1, 0.15) is 65.7 Å². The summed E-state index contributed by atoms with van der Waals surface area (Å²) in [6, 6.07) is 7.28. The first-order chi connectivity index (χ1) is 9.29. The highest BCUT2D eigenvalue weighted by Crippen LogP contribution is 2.29. The maximum absolute atomic E-state index is 12.4. The Morgan fingerprint density at radius 2 is 1.26 bits per heavy atom. The number of amides is 2. The summed E-state index contributed by atoms with van der Waals surface area (Å²) in [5.74, 6) is -0.183. The molecule has 3 heteroatoms. The van der Waals surface area contributed by atoms with Gasteiger partial charge in [0, 0.05) is 6.04 Å². The number of carbonyl (C=O) groups is 2. The van der Waals surface area contributed by atoms with E-state index in [0.717, 1.165) is 25.7 Å². The van der Waals surface area contributed by atoms with Gasteiger partial charge in [0.15, 0.2) is 0 Å². The van der Waals surface area contributed by atoms with Gasteiger partial charge >= 0.3 is 0 Å². The van der Waals surface area contributed by atoms with Crippen LogP contribution in [0.25, 0.3) is 0 Å². The van der Waals surface area contributed by atoms with Crippen LogP contribution >= 0.6 is 0 Å². The third-order valence-corrected chi connectivity index (χ3v) is 4.27. The lowest BCUT2D eigenvalue weighted by atomic mass is 9.95. The molecule has 0 radical (unpaired) electrons. The molecule has 0 unspecified atom stereocenters. The molecular weight excluding hydrogens is 238 g/mol. The van der Waals surface area contributed by atoms with Gasteiger partial charge in [0.1, 0.15) is 0 Å². The Kier molecular flexibility index (Phi) is 3.36. The van der Waals surface area contributed by atoms with E-state index < -0.39 is 0 Å². The molecule has 1 aromatic carbocycles. The molecule has 1 aliphatic carbocycles. The first-order valence-electron chi connectivity index (χ1n) is 7.26. The fraction of sp³-hybridized carbons (Fsp3) is 0.500. The molecule has 1 heterocycles. The lowest BCUT2D eigenvalue weighted by Crippen LogP contribution is -2.40. The molecule has 2 amide bonds. The zero-order chi connectivity index (χ0) is 13.2. The first-order valence-corrected chi connectivity index (χ1v) is 7.26. The van der Waals surface area contributed by atoms with Crippen molar-refractivity contribution in [3.63, 3.8) is 0 Å². The summed E-state index contributed by atoms with van der Waals surface area (Å²) >= 11 is 0. The van der Waals surface area contributed by atoms with Gasteiger partial charge in [0.25, 0.3) is 11.8 Å². The van der Waals surface area contributed by atoms with Gasteiger partial charge in [-0.1, -0.05) is 44.2 Å². The average molecular weight is 257 g/mol. The Labute approximate surface area is 113 Å². The predicted octanol–water partition coefficient (Wildman–Crippen LogP) is 3.40. The molecule has 1 aliphatic heterocycles. The van der Waals surface area contributed by atoms with E-state index >= 15 is 0 Å². The van der Waals surface area contributed by atoms with Crippen molar-refractivity contribution in [1.29, 1.82) is 0 Å². The van der Waals surface area contributed by atoms with Gasteiger partial charge in [-0.2, -0.15) is 0 Å². The average Bonchev–Trinajstić information content (AvgIpc) is 2.64. The molecule has 3 rings (SSSR count). The van der Waals surface area contributed by atoms with E-state index in [1.165, 1.54) is 24.2 Å². The minimum absolute atomic E-state index is 0.0915. The van der Waals surface area contributed by atoms with Crippen molar-refractivity contribution in [3.8, 4) is 0 Å². The van der Waals surface area contributed by atoms with Crippen LogP contribution < -0.4 is 0 Å². The molecule has 2 aliphatic rings. The molecule has 19 heavy (non-hydrogen) atoms. The zero-order valence-electron chi connectivity index (χ0n) is 11.1. The van der Waals surface area contributed by atoms with Crippen molar-refractivity contribution in [1.82, 2.24) is 4.90 Å². The summed E-state index contributed by atoms with van der Waals surface area (Å²) in [6.07, 6.45) is 7.90. The van der Waals surface area contributed by atoms with Gasteiger partial charge in [-0.15, -0.1) is 0 Å². The SMILES string of the molecule is O=C1c2ccccc2C(=O)N1C1CCCCCCC1. The summed E-state index contributed by atoms with van der Waals surface area (Å²) in [4.78, 5) is 26.3. The van der Waals surface area contributed by atoms with Gasteiger partial charge in [-0.3, -0.25) is 14.5 Å². The Bertz CT molecular complexity index is 466. The number of fused-ring (bicyclic) bond motifs is 1. The number of benzene rings is 1. The van der Waals surface area contributed by atoms with E-state index in [1.807, 2.05) is 12.1 Å². The minimum atomic E-state index is -0.0915. The van der Waals surface area contributed by atoms with Crippen molar-refractivity contribution in [3.05, 3.63) is 35.4 Å². The van der Waals surface area contributed by atoms with Crippen LogP contribution in [0.4, 0.5) is 0 Å². The molecule has 0 N–H and O–H groups in total. The Balaban J connectivity index is 1.86. The first kappa shape index (κ1) is 12.4. The van der Waals surface area contributed by atoms with Gasteiger partial charge < -0.3 is 0 Å². The summed E-state index contributed by atoms with van der Waals surface area (Å²) < 4.78 is 0. The normalized spacial score (nSPS) is 21.2. The zero-order valence-corrected chi connectivity index (χ0v) is 11.1. The maximum Gasteiger partial charge on any atom is 0.261 e. The number of imide groups is 1. The van der Waals surface area contributed by atoms with Crippen LogP contribution in [-0.2, 0) is 0 Å². The van der Waals surface area contributed by atoms with E-state index in [-0.39, 0.29) is 17.9 Å². The second-order valence-corrected chi connectivity index (χ2v) is 5.52. The van der Waals surface area contributed by atoms with Gasteiger partial charge in [-0.25, -0.2) is 0 Å². The second-order valence-electron chi connectivity index (χ2n) is 5.52. The monoisotopic (exact) mass is 257 g/mol. The molecule has 0 spiro atoms. The summed E-state index contributed by atoms with van der Waals surface area (Å²) in [7, 11) is 0. The fourth-order valence-corrected chi connectivity index (χ4v) is 3.23. The topological polar surface area (TPSA) is 37.4 Å². The number of nitrogens with zero attached hydrogens (tertiary/aromatic N) is 1. The third kappa shape index (κ3) is 2.18. The number of carbonyl (C=O) groups excluding carboxylic acids is 2. The fourth-order valence-electron chi connectivity index (χ4n) is 3.23. The molecule has 1 fully saturated rings. The van der Waals surface area contributed by atoms with Crippen LogP contribution in [0.3, 0.4) is 0 Å². The summed E-state index contributed by atoms with van der Waals surface area (Å²) in [5.41, 5.74) is 1.16. The van der Waals surface area contributed by atoms with Gasteiger partial charge in [0.2, 0.25) is 0 Å². The Hall–Kier alpha value is -1.64. The van der Waals surface area contributed by atoms with E-state index in [9.17, 15) is 9.59 Å². The molecule has 1 aromatic rings. The molecule has 0 aromatic heterocycles. The molecule has 3 nitrogen and oxygen atoms in total. The van der Waals surface area contributed by atoms with Crippen molar-refractivity contribution in [2.24, 2.45) is 0 Å². The summed E-state index contributed by atoms with van der Waals surface area (Å²) in [6.45, 7) is 0. The van der Waals surface area contributed by atoms with E-state index in [1.54, 1.807) is 12.1 Å². The van der Waals surface area contributed by atoms with Crippen LogP contribution in [0.2, 0.25) is 0 Å². The Morgan fingerprint density at radius 3 is 1.79 bits per heavy atom. The molecule has 100 valence electrons. The van der Waals surface area contributed by atoms with E-state index in [0.29, 0.717) is 11.1 Å². The number of hydrogen-bond acceptors (Lipinski definition) is 2. The summed E-state index contributed by atoms with van der Waals surface area (Å²) in [5, 5.41) is 0. The number of hydrogen-bond donors (Lipinski definition) is 0. The van der Waals surface area contributed by atoms with Crippen LogP contribution in [0.15, 0.2) is 24.3 Å². The lowest BCUT2D eigenvalue weighted by molar-refractivity contribution is 0.0559. The van der Waals surface area contributed by atoms with E-state index in [2.05, 4.69) is 0 Å².